The van der Waals surface area contributed by atoms with Gasteiger partial charge in [-0.2, -0.15) is 5.10 Å². The Bertz CT molecular complexity index is 698. The number of rotatable bonds is 3. The van der Waals surface area contributed by atoms with E-state index in [2.05, 4.69) is 15.0 Å². The van der Waals surface area contributed by atoms with Crippen molar-refractivity contribution in [2.45, 2.75) is 13.0 Å². The lowest BCUT2D eigenvalue weighted by Crippen LogP contribution is -2.45. The molecule has 0 bridgehead atoms. The van der Waals surface area contributed by atoms with Gasteiger partial charge in [-0.1, -0.05) is 6.07 Å². The second kappa shape index (κ2) is 5.77. The summed E-state index contributed by atoms with van der Waals surface area (Å²) >= 11 is 0. The zero-order chi connectivity index (χ0) is 15.8. The average Bonchev–Trinajstić information content (AvgIpc) is 3.15. The summed E-state index contributed by atoms with van der Waals surface area (Å²) in [7, 11) is 1.88. The van der Waals surface area contributed by atoms with Crippen LogP contribution < -0.4 is 4.90 Å². The number of pyridine rings is 1. The summed E-state index contributed by atoms with van der Waals surface area (Å²) in [5.74, 6) is 0.824. The SMILES string of the molecule is Cn1cc(N2CC[C@H]3CN(Cc4ccccn4)C[C@H]3C2=O)cn1. The van der Waals surface area contributed by atoms with E-state index in [0.29, 0.717) is 5.92 Å². The molecule has 6 heteroatoms. The van der Waals surface area contributed by atoms with Crippen molar-refractivity contribution in [2.75, 3.05) is 24.5 Å². The van der Waals surface area contributed by atoms with Gasteiger partial charge < -0.3 is 4.90 Å². The molecule has 2 aromatic heterocycles. The highest BCUT2D eigenvalue weighted by Crippen LogP contribution is 2.34. The number of fused-ring (bicyclic) bond motifs is 1. The molecule has 0 aliphatic carbocycles. The maximum absolute atomic E-state index is 12.9. The van der Waals surface area contributed by atoms with Crippen molar-refractivity contribution in [1.82, 2.24) is 19.7 Å². The third kappa shape index (κ3) is 2.74. The molecule has 2 aromatic rings. The van der Waals surface area contributed by atoms with Crippen LogP contribution in [0.2, 0.25) is 0 Å². The Kier molecular flexibility index (Phi) is 3.61. The Balaban J connectivity index is 1.46. The molecule has 0 unspecified atom stereocenters. The van der Waals surface area contributed by atoms with Crippen molar-refractivity contribution >= 4 is 11.6 Å². The van der Waals surface area contributed by atoms with Crippen LogP contribution in [-0.2, 0) is 18.4 Å². The lowest BCUT2D eigenvalue weighted by atomic mass is 9.88. The van der Waals surface area contributed by atoms with Crippen LogP contribution in [0.4, 0.5) is 5.69 Å². The third-order valence-corrected chi connectivity index (χ3v) is 4.94. The molecule has 0 radical (unpaired) electrons. The molecule has 0 saturated carbocycles. The van der Waals surface area contributed by atoms with E-state index in [4.69, 9.17) is 0 Å². The lowest BCUT2D eigenvalue weighted by molar-refractivity contribution is -0.124. The van der Waals surface area contributed by atoms with E-state index in [1.165, 1.54) is 0 Å². The van der Waals surface area contributed by atoms with Crippen LogP contribution in [0.25, 0.3) is 0 Å². The number of amides is 1. The number of likely N-dealkylation sites (tertiary alicyclic amines) is 1. The van der Waals surface area contributed by atoms with Crippen molar-refractivity contribution in [1.29, 1.82) is 0 Å². The number of anilines is 1. The largest absolute Gasteiger partial charge is 0.309 e. The van der Waals surface area contributed by atoms with Crippen LogP contribution >= 0.6 is 0 Å². The summed E-state index contributed by atoms with van der Waals surface area (Å²) in [5, 5.41) is 4.19. The minimum absolute atomic E-state index is 0.104. The summed E-state index contributed by atoms with van der Waals surface area (Å²) in [4.78, 5) is 21.5. The summed E-state index contributed by atoms with van der Waals surface area (Å²) in [6.07, 6.45) is 6.58. The zero-order valence-electron chi connectivity index (χ0n) is 13.3. The van der Waals surface area contributed by atoms with Crippen LogP contribution in [0.15, 0.2) is 36.8 Å². The number of hydrogen-bond acceptors (Lipinski definition) is 4. The van der Waals surface area contributed by atoms with Gasteiger partial charge in [0.25, 0.3) is 0 Å². The van der Waals surface area contributed by atoms with Crippen LogP contribution in [0.3, 0.4) is 0 Å². The topological polar surface area (TPSA) is 54.3 Å². The first kappa shape index (κ1) is 14.4. The minimum atomic E-state index is 0.104. The van der Waals surface area contributed by atoms with Gasteiger partial charge in [-0.15, -0.1) is 0 Å². The van der Waals surface area contributed by atoms with E-state index in [1.807, 2.05) is 42.5 Å². The van der Waals surface area contributed by atoms with Gasteiger partial charge >= 0.3 is 0 Å². The van der Waals surface area contributed by atoms with E-state index < -0.39 is 0 Å². The molecule has 2 saturated heterocycles. The van der Waals surface area contributed by atoms with Gasteiger partial charge in [-0.25, -0.2) is 0 Å². The second-order valence-electron chi connectivity index (χ2n) is 6.53. The van der Waals surface area contributed by atoms with Crippen molar-refractivity contribution < 1.29 is 4.79 Å². The predicted molar refractivity (Wildman–Crippen MR) is 86.7 cm³/mol. The first-order valence-electron chi connectivity index (χ1n) is 8.13. The quantitative estimate of drug-likeness (QED) is 0.857. The van der Waals surface area contributed by atoms with E-state index in [1.54, 1.807) is 10.9 Å². The zero-order valence-corrected chi connectivity index (χ0v) is 13.3. The second-order valence-corrected chi connectivity index (χ2v) is 6.53. The fraction of sp³-hybridized carbons (Fsp3) is 0.471. The molecule has 2 fully saturated rings. The first-order chi connectivity index (χ1) is 11.2. The van der Waals surface area contributed by atoms with Gasteiger partial charge in [0, 0.05) is 45.6 Å². The van der Waals surface area contributed by atoms with Crippen molar-refractivity contribution in [3.63, 3.8) is 0 Å². The monoisotopic (exact) mass is 311 g/mol. The number of aryl methyl sites for hydroxylation is 1. The predicted octanol–water partition coefficient (Wildman–Crippen LogP) is 1.30. The molecule has 2 aliphatic heterocycles. The maximum Gasteiger partial charge on any atom is 0.231 e. The fourth-order valence-corrected chi connectivity index (χ4v) is 3.79. The molecule has 4 heterocycles. The Morgan fingerprint density at radius 3 is 2.96 bits per heavy atom. The van der Waals surface area contributed by atoms with Crippen molar-refractivity contribution in [3.05, 3.63) is 42.5 Å². The Morgan fingerprint density at radius 2 is 2.22 bits per heavy atom. The van der Waals surface area contributed by atoms with E-state index in [0.717, 1.165) is 44.0 Å². The van der Waals surface area contributed by atoms with Crippen LogP contribution in [-0.4, -0.2) is 45.2 Å². The molecular weight excluding hydrogens is 290 g/mol. The Morgan fingerprint density at radius 1 is 1.30 bits per heavy atom. The van der Waals surface area contributed by atoms with Crippen LogP contribution in [0.1, 0.15) is 12.1 Å². The molecule has 2 atom stereocenters. The molecule has 2 aliphatic rings. The number of piperidine rings is 1. The standard InChI is InChI=1S/C17H21N5O/c1-20-11-15(8-19-20)22-7-5-13-9-21(12-16(13)17(22)23)10-14-4-2-3-6-18-14/h2-4,6,8,11,13,16H,5,7,9-10,12H2,1H3/t13-,16+/m0/s1. The fourth-order valence-electron chi connectivity index (χ4n) is 3.79. The molecule has 6 nitrogen and oxygen atoms in total. The smallest absolute Gasteiger partial charge is 0.231 e. The van der Waals surface area contributed by atoms with Crippen molar-refractivity contribution in [2.24, 2.45) is 18.9 Å². The van der Waals surface area contributed by atoms with E-state index in [-0.39, 0.29) is 11.8 Å². The van der Waals surface area contributed by atoms with Crippen LogP contribution in [0.5, 0.6) is 0 Å². The van der Waals surface area contributed by atoms with Gasteiger partial charge in [-0.05, 0) is 24.5 Å². The van der Waals surface area contributed by atoms with Gasteiger partial charge in [0.15, 0.2) is 0 Å². The summed E-state index contributed by atoms with van der Waals surface area (Å²) in [6.45, 7) is 3.45. The van der Waals surface area contributed by atoms with Gasteiger partial charge in [0.2, 0.25) is 5.91 Å². The van der Waals surface area contributed by atoms with Gasteiger partial charge in [0.05, 0.1) is 23.5 Å². The Labute approximate surface area is 135 Å². The highest BCUT2D eigenvalue weighted by molar-refractivity contribution is 5.96. The highest BCUT2D eigenvalue weighted by atomic mass is 16.2. The lowest BCUT2D eigenvalue weighted by Gasteiger charge is -2.32. The minimum Gasteiger partial charge on any atom is -0.309 e. The van der Waals surface area contributed by atoms with Gasteiger partial charge in [-0.3, -0.25) is 19.4 Å². The summed E-state index contributed by atoms with van der Waals surface area (Å²) in [6, 6.07) is 6.00. The Hall–Kier alpha value is -2.21. The maximum atomic E-state index is 12.9. The summed E-state index contributed by atoms with van der Waals surface area (Å²) < 4.78 is 1.75. The molecular formula is C17H21N5O. The molecule has 0 spiro atoms. The normalized spacial score (nSPS) is 24.9. The molecule has 23 heavy (non-hydrogen) atoms. The molecule has 120 valence electrons. The highest BCUT2D eigenvalue weighted by Gasteiger charge is 2.43. The van der Waals surface area contributed by atoms with Crippen LogP contribution in [0, 0.1) is 11.8 Å². The number of carbonyl (C=O) groups is 1. The average molecular weight is 311 g/mol. The summed E-state index contributed by atoms with van der Waals surface area (Å²) in [5.41, 5.74) is 1.99. The third-order valence-electron chi connectivity index (χ3n) is 4.94. The van der Waals surface area contributed by atoms with E-state index in [9.17, 15) is 4.79 Å². The molecule has 1 amide bonds. The van der Waals surface area contributed by atoms with E-state index >= 15 is 0 Å². The number of nitrogens with zero attached hydrogens (tertiary/aromatic N) is 5. The first-order valence-corrected chi connectivity index (χ1v) is 8.13. The number of aromatic nitrogens is 3. The van der Waals surface area contributed by atoms with Crippen molar-refractivity contribution in [3.8, 4) is 0 Å². The number of hydrogen-bond donors (Lipinski definition) is 0. The molecule has 4 rings (SSSR count). The van der Waals surface area contributed by atoms with Gasteiger partial charge in [0.1, 0.15) is 0 Å². The number of carbonyl (C=O) groups excluding carboxylic acids is 1. The molecule has 0 N–H and O–H groups in total. The molecule has 0 aromatic carbocycles.